The first kappa shape index (κ1) is 13.7. The van der Waals surface area contributed by atoms with E-state index in [-0.39, 0.29) is 10.8 Å². The summed E-state index contributed by atoms with van der Waals surface area (Å²) in [5.41, 5.74) is 0.320. The number of fused-ring (bicyclic) bond motifs is 1. The van der Waals surface area contributed by atoms with Crippen LogP contribution in [0.15, 0.2) is 16.9 Å². The zero-order valence-corrected chi connectivity index (χ0v) is 11.8. The van der Waals surface area contributed by atoms with Crippen molar-refractivity contribution >= 4 is 22.5 Å². The van der Waals surface area contributed by atoms with Gasteiger partial charge in [0.1, 0.15) is 0 Å². The van der Waals surface area contributed by atoms with Crippen LogP contribution in [0.5, 0.6) is 11.5 Å². The van der Waals surface area contributed by atoms with Crippen LogP contribution in [-0.4, -0.2) is 23.3 Å². The Morgan fingerprint density at radius 1 is 1.32 bits per heavy atom. The Labute approximate surface area is 115 Å². The Morgan fingerprint density at radius 2 is 2.05 bits per heavy atom. The van der Waals surface area contributed by atoms with Gasteiger partial charge in [-0.05, 0) is 31.5 Å². The zero-order chi connectivity index (χ0) is 14.0. The van der Waals surface area contributed by atoms with Crippen molar-refractivity contribution < 1.29 is 9.47 Å². The highest BCUT2D eigenvalue weighted by atomic mass is 35.5. The lowest BCUT2D eigenvalue weighted by atomic mass is 10.2. The summed E-state index contributed by atoms with van der Waals surface area (Å²) in [7, 11) is 1.54. The summed E-state index contributed by atoms with van der Waals surface area (Å²) in [5.74, 6) is 1.06. The highest BCUT2D eigenvalue weighted by molar-refractivity contribution is 6.28. The van der Waals surface area contributed by atoms with Gasteiger partial charge < -0.3 is 9.47 Å². The molecule has 0 fully saturated rings. The quantitative estimate of drug-likeness (QED) is 0.809. The van der Waals surface area contributed by atoms with Crippen molar-refractivity contribution in [2.45, 2.75) is 20.4 Å². The molecule has 0 spiro atoms. The molecule has 1 heterocycles. The number of ether oxygens (including phenoxy) is 2. The molecule has 6 heteroatoms. The molecule has 0 radical (unpaired) electrons. The summed E-state index contributed by atoms with van der Waals surface area (Å²) in [6.07, 6.45) is 0. The van der Waals surface area contributed by atoms with Crippen LogP contribution in [0.1, 0.15) is 13.8 Å². The van der Waals surface area contributed by atoms with E-state index in [1.807, 2.05) is 13.8 Å². The summed E-state index contributed by atoms with van der Waals surface area (Å²) in [4.78, 5) is 16.5. The van der Waals surface area contributed by atoms with E-state index in [0.717, 1.165) is 0 Å². The maximum Gasteiger partial charge on any atom is 0.262 e. The van der Waals surface area contributed by atoms with Crippen LogP contribution in [0.3, 0.4) is 0 Å². The van der Waals surface area contributed by atoms with Gasteiger partial charge in [0, 0.05) is 12.6 Å². The number of benzene rings is 1. The molecule has 0 aliphatic carbocycles. The van der Waals surface area contributed by atoms with Gasteiger partial charge >= 0.3 is 0 Å². The van der Waals surface area contributed by atoms with Gasteiger partial charge in [-0.2, -0.15) is 0 Å². The van der Waals surface area contributed by atoms with Crippen molar-refractivity contribution in [3.05, 3.63) is 27.8 Å². The standard InChI is InChI=1S/C13H15ClN2O3/c1-4-16-12(17)8-6-11(19-5-2)10(18-3)7-9(8)15-13(16)14/h6-7H,4-5H2,1-3H3. The van der Waals surface area contributed by atoms with Gasteiger partial charge in [-0.1, -0.05) is 0 Å². The monoisotopic (exact) mass is 282 g/mol. The third-order valence-corrected chi connectivity index (χ3v) is 3.10. The highest BCUT2D eigenvalue weighted by Gasteiger charge is 2.13. The number of nitrogens with zero attached hydrogens (tertiary/aromatic N) is 2. The maximum atomic E-state index is 12.3. The minimum atomic E-state index is -0.180. The molecule has 0 saturated carbocycles. The fourth-order valence-corrected chi connectivity index (χ4v) is 2.19. The normalized spacial score (nSPS) is 10.7. The first-order valence-corrected chi connectivity index (χ1v) is 6.41. The molecule has 102 valence electrons. The number of methoxy groups -OCH3 is 1. The van der Waals surface area contributed by atoms with Gasteiger partial charge in [0.15, 0.2) is 11.5 Å². The summed E-state index contributed by atoms with van der Waals surface area (Å²) in [6.45, 7) is 4.67. The Balaban J connectivity index is 2.78. The van der Waals surface area contributed by atoms with E-state index < -0.39 is 0 Å². The van der Waals surface area contributed by atoms with Crippen molar-refractivity contribution in [2.24, 2.45) is 0 Å². The van der Waals surface area contributed by atoms with Crippen molar-refractivity contribution in [3.63, 3.8) is 0 Å². The molecule has 2 aromatic rings. The lowest BCUT2D eigenvalue weighted by Gasteiger charge is -2.12. The molecule has 0 unspecified atom stereocenters. The second-order valence-electron chi connectivity index (χ2n) is 3.88. The van der Waals surface area contributed by atoms with E-state index >= 15 is 0 Å². The SMILES string of the molecule is CCOc1cc2c(=O)n(CC)c(Cl)nc2cc1OC. The van der Waals surface area contributed by atoms with Crippen LogP contribution in [0, 0.1) is 0 Å². The summed E-state index contributed by atoms with van der Waals surface area (Å²) < 4.78 is 12.1. The topological polar surface area (TPSA) is 53.4 Å². The van der Waals surface area contributed by atoms with Crippen molar-refractivity contribution in [2.75, 3.05) is 13.7 Å². The molecule has 0 N–H and O–H groups in total. The van der Waals surface area contributed by atoms with Gasteiger partial charge in [0.2, 0.25) is 5.28 Å². The fraction of sp³-hybridized carbons (Fsp3) is 0.385. The van der Waals surface area contributed by atoms with Crippen LogP contribution in [0.25, 0.3) is 10.9 Å². The summed E-state index contributed by atoms with van der Waals surface area (Å²) in [5, 5.41) is 0.640. The van der Waals surface area contributed by atoms with Gasteiger partial charge in [0.05, 0.1) is 24.6 Å². The minimum Gasteiger partial charge on any atom is -0.493 e. The average molecular weight is 283 g/mol. The largest absolute Gasteiger partial charge is 0.493 e. The maximum absolute atomic E-state index is 12.3. The molecular weight excluding hydrogens is 268 g/mol. The summed E-state index contributed by atoms with van der Waals surface area (Å²) >= 11 is 5.98. The number of halogens is 1. The van der Waals surface area contributed by atoms with Gasteiger partial charge in [-0.15, -0.1) is 0 Å². The fourth-order valence-electron chi connectivity index (χ4n) is 1.90. The van der Waals surface area contributed by atoms with Crippen LogP contribution >= 0.6 is 11.6 Å². The lowest BCUT2D eigenvalue weighted by molar-refractivity contribution is 0.311. The van der Waals surface area contributed by atoms with Gasteiger partial charge in [-0.3, -0.25) is 9.36 Å². The summed E-state index contributed by atoms with van der Waals surface area (Å²) in [6, 6.07) is 3.31. The molecule has 1 aromatic carbocycles. The molecule has 19 heavy (non-hydrogen) atoms. The van der Waals surface area contributed by atoms with Crippen LogP contribution in [0.4, 0.5) is 0 Å². The number of rotatable bonds is 4. The molecular formula is C13H15ClN2O3. The molecule has 0 aliphatic rings. The lowest BCUT2D eigenvalue weighted by Crippen LogP contribution is -2.21. The molecule has 1 aromatic heterocycles. The Kier molecular flexibility index (Phi) is 3.95. The number of hydrogen-bond acceptors (Lipinski definition) is 4. The molecule has 0 saturated heterocycles. The van der Waals surface area contributed by atoms with Gasteiger partial charge in [-0.25, -0.2) is 4.98 Å². The Bertz CT molecular complexity index is 667. The molecule has 0 aliphatic heterocycles. The van der Waals surface area contributed by atoms with E-state index in [1.165, 1.54) is 4.57 Å². The smallest absolute Gasteiger partial charge is 0.262 e. The third-order valence-electron chi connectivity index (χ3n) is 2.81. The third kappa shape index (κ3) is 2.38. The van der Waals surface area contributed by atoms with E-state index in [4.69, 9.17) is 21.1 Å². The van der Waals surface area contributed by atoms with E-state index in [1.54, 1.807) is 19.2 Å². The van der Waals surface area contributed by atoms with Crippen LogP contribution in [0.2, 0.25) is 5.28 Å². The second-order valence-corrected chi connectivity index (χ2v) is 4.22. The molecule has 5 nitrogen and oxygen atoms in total. The second kappa shape index (κ2) is 5.48. The molecule has 0 amide bonds. The Morgan fingerprint density at radius 3 is 2.63 bits per heavy atom. The van der Waals surface area contributed by atoms with Crippen molar-refractivity contribution in [1.82, 2.24) is 9.55 Å². The Hall–Kier alpha value is -1.75. The zero-order valence-electron chi connectivity index (χ0n) is 11.1. The van der Waals surface area contributed by atoms with Crippen LogP contribution < -0.4 is 15.0 Å². The van der Waals surface area contributed by atoms with Crippen molar-refractivity contribution in [1.29, 1.82) is 0 Å². The molecule has 2 rings (SSSR count). The minimum absolute atomic E-state index is 0.172. The van der Waals surface area contributed by atoms with E-state index in [9.17, 15) is 4.79 Å². The van der Waals surface area contributed by atoms with Gasteiger partial charge in [0.25, 0.3) is 5.56 Å². The number of aromatic nitrogens is 2. The van der Waals surface area contributed by atoms with Crippen molar-refractivity contribution in [3.8, 4) is 11.5 Å². The average Bonchev–Trinajstić information content (AvgIpc) is 2.39. The van der Waals surface area contributed by atoms with E-state index in [0.29, 0.717) is 35.6 Å². The van der Waals surface area contributed by atoms with E-state index in [2.05, 4.69) is 4.98 Å². The predicted molar refractivity (Wildman–Crippen MR) is 74.4 cm³/mol. The predicted octanol–water partition coefficient (Wildman–Crippen LogP) is 2.48. The van der Waals surface area contributed by atoms with Crippen LogP contribution in [-0.2, 0) is 6.54 Å². The highest BCUT2D eigenvalue weighted by Crippen LogP contribution is 2.30. The molecule has 0 atom stereocenters. The first-order chi connectivity index (χ1) is 9.12. The first-order valence-electron chi connectivity index (χ1n) is 6.03. The number of hydrogen-bond donors (Lipinski definition) is 0. The molecule has 0 bridgehead atoms.